The molecule has 130 valence electrons. The van der Waals surface area contributed by atoms with Gasteiger partial charge in [-0.3, -0.25) is 4.55 Å². The van der Waals surface area contributed by atoms with Crippen LogP contribution in [-0.4, -0.2) is 51.7 Å². The molecule has 0 spiro atoms. The summed E-state index contributed by atoms with van der Waals surface area (Å²) in [5.74, 6) is -1.63. The van der Waals surface area contributed by atoms with E-state index in [9.17, 15) is 28.2 Å². The summed E-state index contributed by atoms with van der Waals surface area (Å²) in [4.78, 5) is 25.1. The van der Waals surface area contributed by atoms with Crippen molar-refractivity contribution in [1.82, 2.24) is 9.96 Å². The van der Waals surface area contributed by atoms with Crippen LogP contribution < -0.4 is 0 Å². The predicted molar refractivity (Wildman–Crippen MR) is 77.0 cm³/mol. The second-order valence-corrected chi connectivity index (χ2v) is 6.58. The van der Waals surface area contributed by atoms with Gasteiger partial charge in [0, 0.05) is 5.56 Å². The summed E-state index contributed by atoms with van der Waals surface area (Å²) >= 11 is 0. The lowest BCUT2D eigenvalue weighted by Crippen LogP contribution is -2.47. The normalized spacial score (nSPS) is 25.8. The third-order valence-corrected chi connectivity index (χ3v) is 4.71. The van der Waals surface area contributed by atoms with Crippen LogP contribution in [0.1, 0.15) is 30.5 Å². The van der Waals surface area contributed by atoms with Gasteiger partial charge < -0.3 is 15.1 Å². The first-order valence-electron chi connectivity index (χ1n) is 6.95. The van der Waals surface area contributed by atoms with E-state index in [1.54, 1.807) is 6.92 Å². The number of hydrogen-bond acceptors (Lipinski definition) is 6. The van der Waals surface area contributed by atoms with E-state index in [4.69, 9.17) is 4.55 Å². The Kier molecular flexibility index (Phi) is 3.48. The molecule has 0 aliphatic carbocycles. The van der Waals surface area contributed by atoms with Crippen molar-refractivity contribution in [2.45, 2.75) is 24.9 Å². The third-order valence-electron chi connectivity index (χ3n) is 4.37. The molecule has 3 rings (SSSR count). The monoisotopic (exact) mass is 358 g/mol. The molecular formula is C13H14N2O8S. The third kappa shape index (κ3) is 2.12. The number of phenols is 1. The van der Waals surface area contributed by atoms with Gasteiger partial charge in [-0.05, 0) is 18.1 Å². The SMILES string of the molecule is CCC12CN(C(=O)N1OS(=O)(=O)O)C(C(=O)O)c1cccc(O)c12. The molecule has 2 amide bonds. The molecule has 2 heterocycles. The van der Waals surface area contributed by atoms with Crippen LogP contribution in [0.5, 0.6) is 5.75 Å². The fourth-order valence-corrected chi connectivity index (χ4v) is 3.85. The van der Waals surface area contributed by atoms with Crippen LogP contribution in [0, 0.1) is 0 Å². The highest BCUT2D eigenvalue weighted by Crippen LogP contribution is 2.52. The Morgan fingerprint density at radius 1 is 1.46 bits per heavy atom. The molecule has 2 atom stereocenters. The topological polar surface area (TPSA) is 145 Å². The predicted octanol–water partition coefficient (Wildman–Crippen LogP) is 0.609. The van der Waals surface area contributed by atoms with E-state index in [0.717, 1.165) is 4.90 Å². The van der Waals surface area contributed by atoms with E-state index < -0.39 is 34.0 Å². The zero-order valence-corrected chi connectivity index (χ0v) is 13.2. The van der Waals surface area contributed by atoms with Gasteiger partial charge in [-0.2, -0.15) is 13.5 Å². The molecule has 0 saturated carbocycles. The van der Waals surface area contributed by atoms with Crippen LogP contribution in [0.15, 0.2) is 18.2 Å². The van der Waals surface area contributed by atoms with Crippen molar-refractivity contribution in [3.8, 4) is 5.75 Å². The largest absolute Gasteiger partial charge is 0.508 e. The first kappa shape index (κ1) is 16.5. The lowest BCUT2D eigenvalue weighted by molar-refractivity contribution is -0.142. The minimum Gasteiger partial charge on any atom is -0.508 e. The van der Waals surface area contributed by atoms with Crippen molar-refractivity contribution in [3.63, 3.8) is 0 Å². The number of carbonyl (C=O) groups is 2. The molecule has 10 nitrogen and oxygen atoms in total. The maximum Gasteiger partial charge on any atom is 0.418 e. The molecular weight excluding hydrogens is 344 g/mol. The number of aromatic hydroxyl groups is 1. The van der Waals surface area contributed by atoms with E-state index in [1.165, 1.54) is 18.2 Å². The molecule has 2 aliphatic rings. The van der Waals surface area contributed by atoms with Crippen molar-refractivity contribution < 1.29 is 37.1 Å². The van der Waals surface area contributed by atoms with Crippen molar-refractivity contribution in [2.24, 2.45) is 0 Å². The average molecular weight is 358 g/mol. The molecule has 11 heteroatoms. The van der Waals surface area contributed by atoms with Gasteiger partial charge in [0.1, 0.15) is 11.3 Å². The molecule has 1 saturated heterocycles. The molecule has 2 bridgehead atoms. The highest BCUT2D eigenvalue weighted by Gasteiger charge is 2.61. The molecule has 0 aromatic heterocycles. The summed E-state index contributed by atoms with van der Waals surface area (Å²) in [6, 6.07) is 1.73. The molecule has 1 aromatic carbocycles. The minimum absolute atomic E-state index is 0.0886. The van der Waals surface area contributed by atoms with Crippen molar-refractivity contribution in [1.29, 1.82) is 0 Å². The number of carboxylic acid groups (broad SMARTS) is 1. The van der Waals surface area contributed by atoms with Gasteiger partial charge in [0.25, 0.3) is 0 Å². The summed E-state index contributed by atoms with van der Waals surface area (Å²) in [5.41, 5.74) is -1.20. The zero-order chi connectivity index (χ0) is 17.9. The van der Waals surface area contributed by atoms with Crippen LogP contribution in [0.4, 0.5) is 4.79 Å². The fraction of sp³-hybridized carbons (Fsp3) is 0.385. The van der Waals surface area contributed by atoms with Gasteiger partial charge in [-0.15, -0.1) is 4.28 Å². The minimum atomic E-state index is -5.03. The molecule has 1 aromatic rings. The summed E-state index contributed by atoms with van der Waals surface area (Å²) in [5, 5.41) is 20.2. The van der Waals surface area contributed by atoms with Crippen molar-refractivity contribution in [3.05, 3.63) is 29.3 Å². The standard InChI is InChI=1S/C13H14N2O8S/c1-2-13-6-14(12(19)15(13)23-24(20,21)22)10(11(17)18)7-4-3-5-8(16)9(7)13/h3-5,10,16H,2,6H2,1H3,(H,17,18)(H,20,21,22). The Morgan fingerprint density at radius 2 is 2.12 bits per heavy atom. The number of fused-ring (bicyclic) bond motifs is 4. The Hall–Kier alpha value is -2.37. The zero-order valence-electron chi connectivity index (χ0n) is 12.4. The summed E-state index contributed by atoms with van der Waals surface area (Å²) in [6.07, 6.45) is 0.113. The number of urea groups is 1. The van der Waals surface area contributed by atoms with Crippen LogP contribution in [0.2, 0.25) is 0 Å². The first-order valence-corrected chi connectivity index (χ1v) is 8.32. The number of hydroxylamine groups is 2. The molecule has 24 heavy (non-hydrogen) atoms. The van der Waals surface area contributed by atoms with Crippen LogP contribution in [0.25, 0.3) is 0 Å². The summed E-state index contributed by atoms with van der Waals surface area (Å²) < 4.78 is 35.7. The van der Waals surface area contributed by atoms with E-state index >= 15 is 0 Å². The van der Waals surface area contributed by atoms with Crippen LogP contribution >= 0.6 is 0 Å². The van der Waals surface area contributed by atoms with E-state index in [2.05, 4.69) is 4.28 Å². The molecule has 1 fully saturated rings. The van der Waals surface area contributed by atoms with Crippen molar-refractivity contribution in [2.75, 3.05) is 6.54 Å². The van der Waals surface area contributed by atoms with E-state index in [1.807, 2.05) is 0 Å². The Balaban J connectivity index is 2.30. The van der Waals surface area contributed by atoms with Gasteiger partial charge in [0.15, 0.2) is 6.04 Å². The number of aliphatic carboxylic acids is 1. The van der Waals surface area contributed by atoms with Gasteiger partial charge in [-0.25, -0.2) is 9.59 Å². The highest BCUT2D eigenvalue weighted by molar-refractivity contribution is 7.80. The highest BCUT2D eigenvalue weighted by atomic mass is 32.3. The van der Waals surface area contributed by atoms with Gasteiger partial charge in [0.2, 0.25) is 0 Å². The molecule has 3 N–H and O–H groups in total. The Bertz CT molecular complexity index is 838. The lowest BCUT2D eigenvalue weighted by atomic mass is 9.78. The number of benzene rings is 1. The lowest BCUT2D eigenvalue weighted by Gasteiger charge is -2.39. The Labute approximate surface area is 136 Å². The Morgan fingerprint density at radius 3 is 2.67 bits per heavy atom. The van der Waals surface area contributed by atoms with E-state index in [0.29, 0.717) is 5.06 Å². The van der Waals surface area contributed by atoms with Crippen molar-refractivity contribution >= 4 is 22.4 Å². The molecule has 2 aliphatic heterocycles. The molecule has 0 radical (unpaired) electrons. The number of hydrogen-bond donors (Lipinski definition) is 3. The number of rotatable bonds is 4. The van der Waals surface area contributed by atoms with Crippen LogP contribution in [0.3, 0.4) is 0 Å². The average Bonchev–Trinajstić information content (AvgIpc) is 2.69. The maximum atomic E-state index is 12.5. The quantitative estimate of drug-likeness (QED) is 0.664. The number of nitrogens with zero attached hydrogens (tertiary/aromatic N) is 2. The smallest absolute Gasteiger partial charge is 0.418 e. The van der Waals surface area contributed by atoms with Crippen LogP contribution in [-0.2, 0) is 25.0 Å². The van der Waals surface area contributed by atoms with Gasteiger partial charge in [-0.1, -0.05) is 19.1 Å². The van der Waals surface area contributed by atoms with E-state index in [-0.39, 0.29) is 29.8 Å². The molecule has 2 unspecified atom stereocenters. The second-order valence-electron chi connectivity index (χ2n) is 5.57. The number of carbonyl (C=O) groups excluding carboxylic acids is 1. The summed E-state index contributed by atoms with van der Waals surface area (Å²) in [7, 11) is -5.03. The number of phenolic OH excluding ortho intramolecular Hbond substituents is 1. The maximum absolute atomic E-state index is 12.5. The fourth-order valence-electron chi connectivity index (χ4n) is 3.45. The summed E-state index contributed by atoms with van der Waals surface area (Å²) in [6.45, 7) is 1.41. The van der Waals surface area contributed by atoms with Gasteiger partial charge in [0.05, 0.1) is 6.54 Å². The number of amides is 2. The van der Waals surface area contributed by atoms with Gasteiger partial charge >= 0.3 is 22.4 Å². The second kappa shape index (κ2) is 5.06. The first-order chi connectivity index (χ1) is 11.1. The number of carboxylic acids is 1.